The van der Waals surface area contributed by atoms with Crippen LogP contribution in [-0.4, -0.2) is 27.1 Å². The summed E-state index contributed by atoms with van der Waals surface area (Å²) in [5.41, 5.74) is 0. The van der Waals surface area contributed by atoms with Gasteiger partial charge in [0.25, 0.3) is 10.1 Å². The van der Waals surface area contributed by atoms with E-state index < -0.39 is 10.1 Å². The first-order chi connectivity index (χ1) is 5.49. The summed E-state index contributed by atoms with van der Waals surface area (Å²) in [4.78, 5) is 9.99. The first kappa shape index (κ1) is 11.6. The Balaban J connectivity index is 3.91. The van der Waals surface area contributed by atoms with E-state index in [1.54, 1.807) is 0 Å². The van der Waals surface area contributed by atoms with Crippen molar-refractivity contribution in [2.24, 2.45) is 0 Å². The van der Waals surface area contributed by atoms with E-state index in [4.69, 9.17) is 4.18 Å². The lowest BCUT2D eigenvalue weighted by Crippen LogP contribution is -2.16. The fourth-order valence-electron chi connectivity index (χ4n) is 0.821. The minimum absolute atomic E-state index is 0.341. The summed E-state index contributed by atoms with van der Waals surface area (Å²) in [5, 5.41) is 0. The fraction of sp³-hybridized carbons (Fsp3) is 0.857. The standard InChI is InChI=1S/C7H14O4S/c1-3-7(5-4-6-8)11-12(2,9)10/h6-7H,3-5H2,1-2H3. The van der Waals surface area contributed by atoms with Gasteiger partial charge < -0.3 is 4.79 Å². The van der Waals surface area contributed by atoms with Crippen molar-refractivity contribution in [2.45, 2.75) is 32.3 Å². The van der Waals surface area contributed by atoms with Crippen molar-refractivity contribution < 1.29 is 17.4 Å². The molecule has 0 bridgehead atoms. The van der Waals surface area contributed by atoms with Crippen molar-refractivity contribution in [2.75, 3.05) is 6.26 Å². The largest absolute Gasteiger partial charge is 0.303 e. The van der Waals surface area contributed by atoms with Crippen LogP contribution < -0.4 is 0 Å². The first-order valence-electron chi connectivity index (χ1n) is 3.81. The van der Waals surface area contributed by atoms with Gasteiger partial charge in [-0.2, -0.15) is 8.42 Å². The van der Waals surface area contributed by atoms with Gasteiger partial charge in [0.05, 0.1) is 12.4 Å². The lowest BCUT2D eigenvalue weighted by atomic mass is 10.2. The molecule has 0 saturated heterocycles. The number of hydrogen-bond donors (Lipinski definition) is 0. The summed E-state index contributed by atoms with van der Waals surface area (Å²) < 4.78 is 26.0. The number of hydrogen-bond acceptors (Lipinski definition) is 4. The summed E-state index contributed by atoms with van der Waals surface area (Å²) in [6.45, 7) is 1.82. The van der Waals surface area contributed by atoms with E-state index in [9.17, 15) is 13.2 Å². The van der Waals surface area contributed by atoms with Gasteiger partial charge in [0.15, 0.2) is 0 Å². The van der Waals surface area contributed by atoms with Crippen LogP contribution in [0.25, 0.3) is 0 Å². The average Bonchev–Trinajstić information content (AvgIpc) is 1.95. The molecule has 0 aliphatic heterocycles. The van der Waals surface area contributed by atoms with Gasteiger partial charge in [-0.1, -0.05) is 6.92 Å². The lowest BCUT2D eigenvalue weighted by Gasteiger charge is -2.11. The van der Waals surface area contributed by atoms with Crippen LogP contribution in [0.5, 0.6) is 0 Å². The molecule has 0 amide bonds. The van der Waals surface area contributed by atoms with Crippen LogP contribution in [0.1, 0.15) is 26.2 Å². The number of aldehydes is 1. The van der Waals surface area contributed by atoms with Gasteiger partial charge in [-0.15, -0.1) is 0 Å². The summed E-state index contributed by atoms with van der Waals surface area (Å²) in [6, 6.07) is 0. The second kappa shape index (κ2) is 5.27. The average molecular weight is 194 g/mol. The highest BCUT2D eigenvalue weighted by molar-refractivity contribution is 7.86. The SMILES string of the molecule is CCC(CCC=O)OS(C)(=O)=O. The monoisotopic (exact) mass is 194 g/mol. The third-order valence-corrected chi connectivity index (χ3v) is 1.99. The van der Waals surface area contributed by atoms with Crippen LogP contribution in [-0.2, 0) is 19.1 Å². The first-order valence-corrected chi connectivity index (χ1v) is 5.63. The third-order valence-electron chi connectivity index (χ3n) is 1.37. The van der Waals surface area contributed by atoms with E-state index >= 15 is 0 Å². The lowest BCUT2D eigenvalue weighted by molar-refractivity contribution is -0.108. The Morgan fingerprint density at radius 2 is 2.08 bits per heavy atom. The summed E-state index contributed by atoms with van der Waals surface area (Å²) in [6.07, 6.45) is 2.82. The zero-order valence-electron chi connectivity index (χ0n) is 7.32. The second-order valence-corrected chi connectivity index (χ2v) is 4.18. The van der Waals surface area contributed by atoms with Crippen molar-refractivity contribution >= 4 is 16.4 Å². The van der Waals surface area contributed by atoms with Crippen LogP contribution in [0.4, 0.5) is 0 Å². The van der Waals surface area contributed by atoms with E-state index in [-0.39, 0.29) is 6.10 Å². The van der Waals surface area contributed by atoms with Gasteiger partial charge >= 0.3 is 0 Å². The highest BCUT2D eigenvalue weighted by Gasteiger charge is 2.12. The molecule has 5 heteroatoms. The fourth-order valence-corrected chi connectivity index (χ4v) is 1.55. The molecule has 0 aromatic carbocycles. The molecule has 1 unspecified atom stereocenters. The maximum atomic E-state index is 10.7. The summed E-state index contributed by atoms with van der Waals surface area (Å²) in [5.74, 6) is 0. The van der Waals surface area contributed by atoms with Gasteiger partial charge in [-0.05, 0) is 12.8 Å². The van der Waals surface area contributed by atoms with Crippen LogP contribution in [0.2, 0.25) is 0 Å². The normalized spacial score (nSPS) is 14.2. The van der Waals surface area contributed by atoms with E-state index in [2.05, 4.69) is 0 Å². The van der Waals surface area contributed by atoms with Gasteiger partial charge in [-0.3, -0.25) is 4.18 Å². The molecule has 12 heavy (non-hydrogen) atoms. The molecule has 72 valence electrons. The second-order valence-electron chi connectivity index (χ2n) is 2.57. The maximum Gasteiger partial charge on any atom is 0.264 e. The van der Waals surface area contributed by atoms with Crippen LogP contribution in [0.3, 0.4) is 0 Å². The van der Waals surface area contributed by atoms with Crippen molar-refractivity contribution in [1.82, 2.24) is 0 Å². The molecular formula is C7H14O4S. The maximum absolute atomic E-state index is 10.7. The zero-order valence-corrected chi connectivity index (χ0v) is 8.13. The Morgan fingerprint density at radius 3 is 2.42 bits per heavy atom. The molecule has 0 saturated carbocycles. The van der Waals surface area contributed by atoms with Crippen LogP contribution >= 0.6 is 0 Å². The molecular weight excluding hydrogens is 180 g/mol. The van der Waals surface area contributed by atoms with E-state index in [0.717, 1.165) is 12.5 Å². The Bertz CT molecular complexity index is 220. The molecule has 0 rings (SSSR count). The Morgan fingerprint density at radius 1 is 1.50 bits per heavy atom. The topological polar surface area (TPSA) is 60.4 Å². The quantitative estimate of drug-likeness (QED) is 0.461. The minimum atomic E-state index is -3.38. The molecule has 0 aromatic heterocycles. The molecule has 0 aliphatic rings. The van der Waals surface area contributed by atoms with Crippen molar-refractivity contribution in [3.05, 3.63) is 0 Å². The zero-order chi connectivity index (χ0) is 9.61. The van der Waals surface area contributed by atoms with Gasteiger partial charge in [0.1, 0.15) is 6.29 Å². The van der Waals surface area contributed by atoms with Crippen molar-refractivity contribution in [1.29, 1.82) is 0 Å². The van der Waals surface area contributed by atoms with Gasteiger partial charge in [-0.25, -0.2) is 0 Å². The number of carbonyl (C=O) groups excluding carboxylic acids is 1. The highest BCUT2D eigenvalue weighted by Crippen LogP contribution is 2.08. The minimum Gasteiger partial charge on any atom is -0.303 e. The predicted molar refractivity (Wildman–Crippen MR) is 45.3 cm³/mol. The molecule has 0 aliphatic carbocycles. The van der Waals surface area contributed by atoms with E-state index in [1.165, 1.54) is 0 Å². The molecule has 4 nitrogen and oxygen atoms in total. The summed E-state index contributed by atoms with van der Waals surface area (Å²) in [7, 11) is -3.38. The van der Waals surface area contributed by atoms with Crippen LogP contribution in [0, 0.1) is 0 Å². The van der Waals surface area contributed by atoms with Gasteiger partial charge in [0.2, 0.25) is 0 Å². The van der Waals surface area contributed by atoms with Crippen LogP contribution in [0.15, 0.2) is 0 Å². The molecule has 0 N–H and O–H groups in total. The molecule has 0 radical (unpaired) electrons. The molecule has 1 atom stereocenters. The molecule has 0 spiro atoms. The number of carbonyl (C=O) groups is 1. The Labute approximate surface area is 73.0 Å². The van der Waals surface area contributed by atoms with E-state index in [1.807, 2.05) is 6.92 Å². The summed E-state index contributed by atoms with van der Waals surface area (Å²) >= 11 is 0. The van der Waals surface area contributed by atoms with Crippen molar-refractivity contribution in [3.63, 3.8) is 0 Å². The molecule has 0 fully saturated rings. The highest BCUT2D eigenvalue weighted by atomic mass is 32.2. The van der Waals surface area contributed by atoms with E-state index in [0.29, 0.717) is 19.3 Å². The molecule has 0 heterocycles. The van der Waals surface area contributed by atoms with Crippen molar-refractivity contribution in [3.8, 4) is 0 Å². The smallest absolute Gasteiger partial charge is 0.264 e. The Hall–Kier alpha value is -0.420. The third kappa shape index (κ3) is 6.30. The number of rotatable bonds is 6. The molecule has 0 aromatic rings. The van der Waals surface area contributed by atoms with Gasteiger partial charge in [0, 0.05) is 6.42 Å². The Kier molecular flexibility index (Phi) is 5.08. The predicted octanol–water partition coefficient (Wildman–Crippen LogP) is 0.720.